The Hall–Kier alpha value is -2.03. The van der Waals surface area contributed by atoms with E-state index in [1.54, 1.807) is 0 Å². The van der Waals surface area contributed by atoms with E-state index in [0.29, 0.717) is 5.82 Å². The first-order chi connectivity index (χ1) is 9.44. The van der Waals surface area contributed by atoms with Gasteiger partial charge in [0.2, 0.25) is 0 Å². The summed E-state index contributed by atoms with van der Waals surface area (Å²) < 4.78 is 46.2. The maximum atomic E-state index is 12.1. The van der Waals surface area contributed by atoms with Crippen LogP contribution in [0.3, 0.4) is 0 Å². The molecule has 108 valence electrons. The quantitative estimate of drug-likeness (QED) is 0.918. The number of hydrogen-bond acceptors (Lipinski definition) is 5. The van der Waals surface area contributed by atoms with Crippen molar-refractivity contribution in [1.82, 2.24) is 20.2 Å². The van der Waals surface area contributed by atoms with Crippen molar-refractivity contribution in [2.45, 2.75) is 12.8 Å². The molecule has 0 fully saturated rings. The number of nitrogens with zero attached hydrogens (tertiary/aromatic N) is 3. The van der Waals surface area contributed by atoms with E-state index in [4.69, 9.17) is 16.3 Å². The fraction of sp³-hybridized carbons (Fsp3) is 0.300. The Kier molecular flexibility index (Phi) is 4.28. The molecule has 6 nitrogen and oxygen atoms in total. The summed E-state index contributed by atoms with van der Waals surface area (Å²) in [7, 11) is 0. The number of aromatic nitrogens is 4. The van der Waals surface area contributed by atoms with Gasteiger partial charge in [0.25, 0.3) is 5.88 Å². The van der Waals surface area contributed by atoms with Gasteiger partial charge in [-0.25, -0.2) is 9.97 Å². The number of hydrogen-bond donors (Lipinski definition) is 1. The number of nitrogens with one attached hydrogen (secondary N) is 1. The summed E-state index contributed by atoms with van der Waals surface area (Å²) in [6.45, 7) is -1.51. The predicted molar refractivity (Wildman–Crippen MR) is 61.5 cm³/mol. The van der Waals surface area contributed by atoms with Gasteiger partial charge in [-0.1, -0.05) is 11.6 Å². The van der Waals surface area contributed by atoms with Crippen LogP contribution >= 0.6 is 11.6 Å². The molecule has 10 heteroatoms. The molecule has 0 spiro atoms. The fourth-order valence-electron chi connectivity index (χ4n) is 1.22. The second-order valence-electron chi connectivity index (χ2n) is 3.58. The van der Waals surface area contributed by atoms with Crippen LogP contribution in [0, 0.1) is 0 Å². The second-order valence-corrected chi connectivity index (χ2v) is 4.02. The predicted octanol–water partition coefficient (Wildman–Crippen LogP) is 2.37. The van der Waals surface area contributed by atoms with Gasteiger partial charge in [0.15, 0.2) is 18.2 Å². The van der Waals surface area contributed by atoms with E-state index >= 15 is 0 Å². The summed E-state index contributed by atoms with van der Waals surface area (Å²) in [5, 5.41) is 6.27. The number of rotatable bonds is 5. The zero-order valence-corrected chi connectivity index (χ0v) is 10.6. The van der Waals surface area contributed by atoms with Gasteiger partial charge in [-0.3, -0.25) is 5.10 Å². The number of H-pyrrole nitrogens is 1. The summed E-state index contributed by atoms with van der Waals surface area (Å²) in [6, 6.07) is 1.19. The molecule has 2 aromatic rings. The number of halogens is 4. The van der Waals surface area contributed by atoms with Crippen molar-refractivity contribution in [1.29, 1.82) is 0 Å². The number of pyridine rings is 1. The molecule has 20 heavy (non-hydrogen) atoms. The highest BCUT2D eigenvalue weighted by molar-refractivity contribution is 6.30. The zero-order chi connectivity index (χ0) is 14.6. The van der Waals surface area contributed by atoms with Crippen LogP contribution < -0.4 is 9.47 Å². The van der Waals surface area contributed by atoms with E-state index in [2.05, 4.69) is 24.9 Å². The van der Waals surface area contributed by atoms with Crippen molar-refractivity contribution in [3.05, 3.63) is 29.4 Å². The third-order valence-corrected chi connectivity index (χ3v) is 2.19. The maximum Gasteiger partial charge on any atom is 0.422 e. The Morgan fingerprint density at radius 2 is 2.05 bits per heavy atom. The van der Waals surface area contributed by atoms with E-state index in [1.165, 1.54) is 18.6 Å². The minimum absolute atomic E-state index is 0.0446. The molecule has 0 bridgehead atoms. The van der Waals surface area contributed by atoms with Gasteiger partial charge in [-0.15, -0.1) is 0 Å². The molecule has 0 aromatic carbocycles. The van der Waals surface area contributed by atoms with E-state index in [0.717, 1.165) is 0 Å². The molecule has 0 aliphatic rings. The zero-order valence-electron chi connectivity index (χ0n) is 9.82. The largest absolute Gasteiger partial charge is 0.478 e. The van der Waals surface area contributed by atoms with Crippen LogP contribution in [-0.2, 0) is 6.61 Å². The monoisotopic (exact) mass is 308 g/mol. The van der Waals surface area contributed by atoms with Gasteiger partial charge >= 0.3 is 6.18 Å². The van der Waals surface area contributed by atoms with Crippen LogP contribution in [0.5, 0.6) is 11.6 Å². The molecule has 1 N–H and O–H groups in total. The Bertz CT molecular complexity index is 562. The lowest BCUT2D eigenvalue weighted by atomic mass is 10.4. The van der Waals surface area contributed by atoms with Crippen LogP contribution in [0.1, 0.15) is 5.82 Å². The molecular weight excluding hydrogens is 301 g/mol. The fourth-order valence-corrected chi connectivity index (χ4v) is 1.36. The van der Waals surface area contributed by atoms with E-state index in [-0.39, 0.29) is 23.3 Å². The summed E-state index contributed by atoms with van der Waals surface area (Å²) >= 11 is 5.66. The summed E-state index contributed by atoms with van der Waals surface area (Å²) in [5.41, 5.74) is 0. The van der Waals surface area contributed by atoms with E-state index in [1.807, 2.05) is 0 Å². The average molecular weight is 309 g/mol. The highest BCUT2D eigenvalue weighted by atomic mass is 35.5. The molecule has 2 rings (SSSR count). The number of ether oxygens (including phenoxy) is 2. The molecule has 2 heterocycles. The smallest absolute Gasteiger partial charge is 0.422 e. The van der Waals surface area contributed by atoms with Crippen LogP contribution in [0.15, 0.2) is 18.6 Å². The summed E-state index contributed by atoms with van der Waals surface area (Å²) in [6.07, 6.45) is -1.96. The maximum absolute atomic E-state index is 12.1. The van der Waals surface area contributed by atoms with Gasteiger partial charge in [0, 0.05) is 12.3 Å². The number of alkyl halides is 3. The molecule has 0 radical (unpaired) electrons. The minimum Gasteiger partial charge on any atom is -0.478 e. The topological polar surface area (TPSA) is 72.9 Å². The van der Waals surface area contributed by atoms with Crippen LogP contribution in [0.4, 0.5) is 13.2 Å². The lowest BCUT2D eigenvalue weighted by molar-refractivity contribution is -0.153. The van der Waals surface area contributed by atoms with Crippen molar-refractivity contribution in [2.75, 3.05) is 6.61 Å². The minimum atomic E-state index is -4.47. The van der Waals surface area contributed by atoms with Crippen molar-refractivity contribution in [3.8, 4) is 11.6 Å². The Balaban J connectivity index is 2.07. The first-order valence-corrected chi connectivity index (χ1v) is 5.64. The Morgan fingerprint density at radius 3 is 2.70 bits per heavy atom. The van der Waals surface area contributed by atoms with Crippen LogP contribution in [0.25, 0.3) is 0 Å². The molecule has 0 aliphatic carbocycles. The molecule has 0 aliphatic heterocycles. The molecule has 0 unspecified atom stereocenters. The molecule has 0 saturated carbocycles. The standard InChI is InChI=1S/C10H8ClF3N4O2/c11-6-1-7(20-4-10(12,13)14)9(15-2-6)19-3-8-16-5-17-18-8/h1-2,5H,3-4H2,(H,16,17,18). The molecule has 0 amide bonds. The normalized spacial score (nSPS) is 11.4. The van der Waals surface area contributed by atoms with Crippen molar-refractivity contribution >= 4 is 11.6 Å². The lowest BCUT2D eigenvalue weighted by Gasteiger charge is -2.12. The SMILES string of the molecule is FC(F)(F)COc1cc(Cl)cnc1OCc1ncn[nH]1. The highest BCUT2D eigenvalue weighted by Crippen LogP contribution is 2.29. The van der Waals surface area contributed by atoms with Crippen LogP contribution in [0.2, 0.25) is 5.02 Å². The first kappa shape index (κ1) is 14.4. The van der Waals surface area contributed by atoms with Gasteiger partial charge in [0.1, 0.15) is 12.9 Å². The van der Waals surface area contributed by atoms with Crippen LogP contribution in [-0.4, -0.2) is 32.9 Å². The third kappa shape index (κ3) is 4.26. The van der Waals surface area contributed by atoms with Crippen molar-refractivity contribution in [2.24, 2.45) is 0 Å². The van der Waals surface area contributed by atoms with Gasteiger partial charge in [-0.05, 0) is 0 Å². The third-order valence-electron chi connectivity index (χ3n) is 1.99. The van der Waals surface area contributed by atoms with Crippen molar-refractivity contribution < 1.29 is 22.6 Å². The first-order valence-electron chi connectivity index (χ1n) is 5.26. The van der Waals surface area contributed by atoms with Crippen molar-refractivity contribution in [3.63, 3.8) is 0 Å². The van der Waals surface area contributed by atoms with E-state index < -0.39 is 12.8 Å². The second kappa shape index (κ2) is 5.95. The Labute approximate surface area is 115 Å². The summed E-state index contributed by atoms with van der Waals surface area (Å²) in [5.74, 6) is 0.0768. The van der Waals surface area contributed by atoms with E-state index in [9.17, 15) is 13.2 Å². The van der Waals surface area contributed by atoms with Gasteiger partial charge in [-0.2, -0.15) is 18.3 Å². The Morgan fingerprint density at radius 1 is 1.25 bits per heavy atom. The lowest BCUT2D eigenvalue weighted by Crippen LogP contribution is -2.19. The molecular formula is C10H8ClF3N4O2. The summed E-state index contributed by atoms with van der Waals surface area (Å²) in [4.78, 5) is 7.57. The highest BCUT2D eigenvalue weighted by Gasteiger charge is 2.29. The number of aromatic amines is 1. The average Bonchev–Trinajstić information content (AvgIpc) is 2.87. The molecule has 0 saturated heterocycles. The molecule has 2 aromatic heterocycles. The van der Waals surface area contributed by atoms with Gasteiger partial charge < -0.3 is 9.47 Å². The molecule has 0 atom stereocenters. The van der Waals surface area contributed by atoms with Gasteiger partial charge in [0.05, 0.1) is 5.02 Å².